The SMILES string of the molecule is Cc1cnc(C)c(OC2CCN(c3ncnc4sccc34)CC2)n1. The topological polar surface area (TPSA) is 64.0 Å². The van der Waals surface area contributed by atoms with E-state index in [4.69, 9.17) is 4.74 Å². The van der Waals surface area contributed by atoms with Gasteiger partial charge < -0.3 is 9.64 Å². The van der Waals surface area contributed by atoms with E-state index < -0.39 is 0 Å². The first-order valence-corrected chi connectivity index (χ1v) is 8.99. The van der Waals surface area contributed by atoms with Crippen LogP contribution in [0.1, 0.15) is 24.2 Å². The minimum Gasteiger partial charge on any atom is -0.473 e. The Hall–Kier alpha value is -2.28. The van der Waals surface area contributed by atoms with Crippen LogP contribution in [0.25, 0.3) is 10.2 Å². The highest BCUT2D eigenvalue weighted by Gasteiger charge is 2.24. The first kappa shape index (κ1) is 15.3. The van der Waals surface area contributed by atoms with Crippen molar-refractivity contribution in [3.63, 3.8) is 0 Å². The van der Waals surface area contributed by atoms with Gasteiger partial charge >= 0.3 is 0 Å². The van der Waals surface area contributed by atoms with Gasteiger partial charge in [-0.25, -0.2) is 15.0 Å². The fourth-order valence-electron chi connectivity index (χ4n) is 3.00. The maximum absolute atomic E-state index is 6.09. The Balaban J connectivity index is 1.45. The molecule has 4 rings (SSSR count). The Labute approximate surface area is 144 Å². The average molecular weight is 341 g/mol. The predicted molar refractivity (Wildman–Crippen MR) is 94.8 cm³/mol. The molecule has 0 spiro atoms. The molecule has 0 aliphatic carbocycles. The molecule has 0 saturated carbocycles. The summed E-state index contributed by atoms with van der Waals surface area (Å²) >= 11 is 1.65. The molecule has 0 radical (unpaired) electrons. The lowest BCUT2D eigenvalue weighted by molar-refractivity contribution is 0.161. The number of fused-ring (bicyclic) bond motifs is 1. The van der Waals surface area contributed by atoms with E-state index in [2.05, 4.69) is 36.3 Å². The molecule has 6 nitrogen and oxygen atoms in total. The standard InChI is InChI=1S/C17H19N5OS/c1-11-9-18-12(2)16(21-11)23-13-3-6-22(7-4-13)15-14-5-8-24-17(14)20-10-19-15/h5,8-10,13H,3-4,6-7H2,1-2H3. The fraction of sp³-hybridized carbons (Fsp3) is 0.412. The smallest absolute Gasteiger partial charge is 0.235 e. The summed E-state index contributed by atoms with van der Waals surface area (Å²) < 4.78 is 6.09. The molecule has 124 valence electrons. The zero-order chi connectivity index (χ0) is 16.5. The fourth-order valence-corrected chi connectivity index (χ4v) is 3.73. The summed E-state index contributed by atoms with van der Waals surface area (Å²) in [6.45, 7) is 5.71. The maximum Gasteiger partial charge on any atom is 0.235 e. The Morgan fingerprint density at radius 2 is 2.00 bits per heavy atom. The number of aromatic nitrogens is 4. The lowest BCUT2D eigenvalue weighted by Crippen LogP contribution is -2.39. The van der Waals surface area contributed by atoms with E-state index in [1.165, 1.54) is 0 Å². The first-order valence-electron chi connectivity index (χ1n) is 8.11. The molecule has 24 heavy (non-hydrogen) atoms. The van der Waals surface area contributed by atoms with Gasteiger partial charge in [0.25, 0.3) is 0 Å². The monoisotopic (exact) mass is 341 g/mol. The zero-order valence-electron chi connectivity index (χ0n) is 13.8. The van der Waals surface area contributed by atoms with Crippen LogP contribution in [0.5, 0.6) is 5.88 Å². The number of hydrogen-bond donors (Lipinski definition) is 0. The highest BCUT2D eigenvalue weighted by Crippen LogP contribution is 2.29. The Morgan fingerprint density at radius 3 is 2.83 bits per heavy atom. The molecular formula is C17H19N5OS. The van der Waals surface area contributed by atoms with Crippen molar-refractivity contribution in [3.8, 4) is 5.88 Å². The lowest BCUT2D eigenvalue weighted by atomic mass is 10.1. The number of nitrogens with zero attached hydrogens (tertiary/aromatic N) is 5. The summed E-state index contributed by atoms with van der Waals surface area (Å²) in [5.41, 5.74) is 1.73. The van der Waals surface area contributed by atoms with Gasteiger partial charge in [0.15, 0.2) is 0 Å². The number of aryl methyl sites for hydroxylation is 2. The largest absolute Gasteiger partial charge is 0.473 e. The Morgan fingerprint density at radius 1 is 1.17 bits per heavy atom. The number of hydrogen-bond acceptors (Lipinski definition) is 7. The summed E-state index contributed by atoms with van der Waals surface area (Å²) in [6.07, 6.45) is 5.50. The minimum atomic E-state index is 0.177. The third-order valence-corrected chi connectivity index (χ3v) is 5.11. The summed E-state index contributed by atoms with van der Waals surface area (Å²) in [7, 11) is 0. The van der Waals surface area contributed by atoms with Crippen LogP contribution in [0, 0.1) is 13.8 Å². The molecule has 3 aromatic heterocycles. The Bertz CT molecular complexity index is 857. The number of piperidine rings is 1. The second kappa shape index (κ2) is 6.32. The summed E-state index contributed by atoms with van der Waals surface area (Å²) in [5, 5.41) is 3.21. The number of rotatable bonds is 3. The van der Waals surface area contributed by atoms with E-state index in [1.54, 1.807) is 23.9 Å². The van der Waals surface area contributed by atoms with Crippen molar-refractivity contribution in [3.05, 3.63) is 35.4 Å². The molecule has 3 aromatic rings. The van der Waals surface area contributed by atoms with Gasteiger partial charge in [-0.2, -0.15) is 0 Å². The van der Waals surface area contributed by atoms with Crippen LogP contribution < -0.4 is 9.64 Å². The Kier molecular flexibility index (Phi) is 4.02. The van der Waals surface area contributed by atoms with Crippen LogP contribution in [0.3, 0.4) is 0 Å². The third kappa shape index (κ3) is 2.91. The van der Waals surface area contributed by atoms with Crippen LogP contribution >= 0.6 is 11.3 Å². The van der Waals surface area contributed by atoms with Crippen molar-refractivity contribution < 1.29 is 4.74 Å². The van der Waals surface area contributed by atoms with Crippen molar-refractivity contribution in [2.75, 3.05) is 18.0 Å². The molecule has 0 unspecified atom stereocenters. The summed E-state index contributed by atoms with van der Waals surface area (Å²) in [5.74, 6) is 1.70. The van der Waals surface area contributed by atoms with Crippen molar-refractivity contribution in [1.29, 1.82) is 0 Å². The molecule has 1 fully saturated rings. The van der Waals surface area contributed by atoms with E-state index in [9.17, 15) is 0 Å². The van der Waals surface area contributed by atoms with Gasteiger partial charge in [0.05, 0.1) is 16.8 Å². The number of anilines is 1. The van der Waals surface area contributed by atoms with Crippen molar-refractivity contribution in [2.45, 2.75) is 32.8 Å². The van der Waals surface area contributed by atoms with Gasteiger partial charge in [0.2, 0.25) is 5.88 Å². The lowest BCUT2D eigenvalue weighted by Gasteiger charge is -2.33. The van der Waals surface area contributed by atoms with E-state index in [0.717, 1.165) is 53.4 Å². The van der Waals surface area contributed by atoms with Crippen LogP contribution in [-0.2, 0) is 0 Å². The van der Waals surface area contributed by atoms with Gasteiger partial charge in [-0.05, 0) is 25.3 Å². The molecular weight excluding hydrogens is 322 g/mol. The zero-order valence-corrected chi connectivity index (χ0v) is 14.6. The molecule has 0 bridgehead atoms. The van der Waals surface area contributed by atoms with Crippen LogP contribution in [-0.4, -0.2) is 39.1 Å². The number of thiophene rings is 1. The number of ether oxygens (including phenoxy) is 1. The van der Waals surface area contributed by atoms with Crippen LogP contribution in [0.4, 0.5) is 5.82 Å². The molecule has 1 aliphatic heterocycles. The summed E-state index contributed by atoms with van der Waals surface area (Å²) in [6, 6.07) is 2.10. The minimum absolute atomic E-state index is 0.177. The van der Waals surface area contributed by atoms with Gasteiger partial charge in [0.1, 0.15) is 23.1 Å². The second-order valence-corrected chi connectivity index (χ2v) is 6.94. The van der Waals surface area contributed by atoms with Crippen molar-refractivity contribution >= 4 is 27.4 Å². The van der Waals surface area contributed by atoms with E-state index in [-0.39, 0.29) is 6.10 Å². The highest BCUT2D eigenvalue weighted by molar-refractivity contribution is 7.16. The summed E-state index contributed by atoms with van der Waals surface area (Å²) in [4.78, 5) is 21.0. The van der Waals surface area contributed by atoms with E-state index in [1.807, 2.05) is 13.8 Å². The third-order valence-electron chi connectivity index (χ3n) is 4.29. The molecule has 0 N–H and O–H groups in total. The average Bonchev–Trinajstić information content (AvgIpc) is 3.08. The molecule has 1 aliphatic rings. The van der Waals surface area contributed by atoms with Crippen molar-refractivity contribution in [2.24, 2.45) is 0 Å². The molecule has 0 amide bonds. The molecule has 0 aromatic carbocycles. The first-order chi connectivity index (χ1) is 11.7. The molecule has 0 atom stereocenters. The van der Waals surface area contributed by atoms with Crippen molar-refractivity contribution in [1.82, 2.24) is 19.9 Å². The van der Waals surface area contributed by atoms with E-state index in [0.29, 0.717) is 5.88 Å². The normalized spacial score (nSPS) is 15.8. The van der Waals surface area contributed by atoms with Crippen LogP contribution in [0.2, 0.25) is 0 Å². The van der Waals surface area contributed by atoms with Gasteiger partial charge in [-0.1, -0.05) is 0 Å². The molecule has 4 heterocycles. The quantitative estimate of drug-likeness (QED) is 0.729. The second-order valence-electron chi connectivity index (χ2n) is 6.04. The molecule has 7 heteroatoms. The van der Waals surface area contributed by atoms with Gasteiger partial charge in [0, 0.05) is 32.1 Å². The van der Waals surface area contributed by atoms with Gasteiger partial charge in [-0.3, -0.25) is 4.98 Å². The predicted octanol–water partition coefficient (Wildman–Crippen LogP) is 3.15. The molecule has 1 saturated heterocycles. The van der Waals surface area contributed by atoms with E-state index >= 15 is 0 Å². The highest BCUT2D eigenvalue weighted by atomic mass is 32.1. The van der Waals surface area contributed by atoms with Gasteiger partial charge in [-0.15, -0.1) is 11.3 Å². The maximum atomic E-state index is 6.09. The van der Waals surface area contributed by atoms with Crippen LogP contribution in [0.15, 0.2) is 24.0 Å².